The fourth-order valence-electron chi connectivity index (χ4n) is 3.24. The Kier molecular flexibility index (Phi) is 6.63. The number of aromatic nitrogens is 4. The van der Waals surface area contributed by atoms with Gasteiger partial charge in [0.05, 0.1) is 23.7 Å². The quantitative estimate of drug-likeness (QED) is 0.555. The molecule has 1 aliphatic heterocycles. The van der Waals surface area contributed by atoms with Gasteiger partial charge < -0.3 is 10.1 Å². The molecule has 1 N–H and O–H groups in total. The summed E-state index contributed by atoms with van der Waals surface area (Å²) in [7, 11) is -3.65. The highest BCUT2D eigenvalue weighted by molar-refractivity contribution is 7.89. The molecule has 1 aliphatic rings. The number of halogens is 3. The standard InChI is InChI=1S/C20H19F3N6O4S/c21-20(22,23)15-3-1-2-14(12-15)19-25-27-29(26-19)13-18(30)24-16-4-6-17(7-5-16)34(31,32)28-8-10-33-11-9-28/h1-7,12H,8-11,13H2,(H,24,30). The van der Waals surface area contributed by atoms with Crippen molar-refractivity contribution in [2.75, 3.05) is 31.6 Å². The van der Waals surface area contributed by atoms with Crippen LogP contribution >= 0.6 is 0 Å². The van der Waals surface area contributed by atoms with E-state index in [0.29, 0.717) is 18.9 Å². The van der Waals surface area contributed by atoms with Gasteiger partial charge in [0.15, 0.2) is 0 Å². The van der Waals surface area contributed by atoms with Crippen molar-refractivity contribution in [2.45, 2.75) is 17.6 Å². The van der Waals surface area contributed by atoms with Crippen LogP contribution in [0.15, 0.2) is 53.4 Å². The van der Waals surface area contributed by atoms with Gasteiger partial charge in [-0.05, 0) is 41.6 Å². The number of rotatable bonds is 6. The molecule has 0 saturated carbocycles. The smallest absolute Gasteiger partial charge is 0.379 e. The maximum atomic E-state index is 12.9. The number of nitrogens with zero attached hydrogens (tertiary/aromatic N) is 5. The second-order valence-electron chi connectivity index (χ2n) is 7.31. The highest BCUT2D eigenvalue weighted by Crippen LogP contribution is 2.31. The Morgan fingerprint density at radius 3 is 2.47 bits per heavy atom. The molecule has 0 bridgehead atoms. The summed E-state index contributed by atoms with van der Waals surface area (Å²) >= 11 is 0. The lowest BCUT2D eigenvalue weighted by Crippen LogP contribution is -2.40. The van der Waals surface area contributed by atoms with Crippen molar-refractivity contribution in [2.24, 2.45) is 0 Å². The normalized spacial score (nSPS) is 15.3. The van der Waals surface area contributed by atoms with Crippen LogP contribution in [0.4, 0.5) is 18.9 Å². The van der Waals surface area contributed by atoms with Crippen LogP contribution in [0.5, 0.6) is 0 Å². The van der Waals surface area contributed by atoms with E-state index in [-0.39, 0.29) is 35.9 Å². The molecule has 10 nitrogen and oxygen atoms in total. The first-order valence-corrected chi connectivity index (χ1v) is 11.5. The first kappa shape index (κ1) is 23.8. The fourth-order valence-corrected chi connectivity index (χ4v) is 4.64. The molecule has 14 heteroatoms. The van der Waals surface area contributed by atoms with E-state index in [1.54, 1.807) is 0 Å². The molecule has 34 heavy (non-hydrogen) atoms. The van der Waals surface area contributed by atoms with Crippen molar-refractivity contribution in [1.29, 1.82) is 0 Å². The molecule has 0 aliphatic carbocycles. The zero-order valence-corrected chi connectivity index (χ0v) is 18.4. The molecule has 2 heterocycles. The summed E-state index contributed by atoms with van der Waals surface area (Å²) in [5.41, 5.74) is -0.388. The first-order valence-electron chi connectivity index (χ1n) is 10.1. The van der Waals surface area contributed by atoms with Crippen molar-refractivity contribution in [3.05, 3.63) is 54.1 Å². The lowest BCUT2D eigenvalue weighted by molar-refractivity contribution is -0.137. The van der Waals surface area contributed by atoms with E-state index in [1.165, 1.54) is 40.7 Å². The highest BCUT2D eigenvalue weighted by atomic mass is 32.2. The second kappa shape index (κ2) is 9.48. The van der Waals surface area contributed by atoms with Gasteiger partial charge in [0.1, 0.15) is 6.54 Å². The molecular formula is C20H19F3N6O4S. The monoisotopic (exact) mass is 496 g/mol. The third kappa shape index (κ3) is 5.40. The maximum absolute atomic E-state index is 12.9. The predicted octanol–water partition coefficient (Wildman–Crippen LogP) is 2.02. The van der Waals surface area contributed by atoms with Gasteiger partial charge in [-0.25, -0.2) is 8.42 Å². The van der Waals surface area contributed by atoms with Gasteiger partial charge in [-0.2, -0.15) is 22.3 Å². The minimum absolute atomic E-state index is 0.0587. The van der Waals surface area contributed by atoms with Crippen LogP contribution in [-0.4, -0.2) is 65.1 Å². The molecule has 4 rings (SSSR count). The van der Waals surface area contributed by atoms with Crippen LogP contribution < -0.4 is 5.32 Å². The molecule has 0 radical (unpaired) electrons. The van der Waals surface area contributed by atoms with Gasteiger partial charge in [0.2, 0.25) is 21.8 Å². The van der Waals surface area contributed by atoms with Crippen molar-refractivity contribution >= 4 is 21.6 Å². The third-order valence-corrected chi connectivity index (χ3v) is 6.84. The number of ether oxygens (including phenoxy) is 1. The number of hydrogen-bond donors (Lipinski definition) is 1. The number of carbonyl (C=O) groups is 1. The zero-order valence-electron chi connectivity index (χ0n) is 17.6. The number of amides is 1. The van der Waals surface area contributed by atoms with Crippen LogP contribution in [0.3, 0.4) is 0 Å². The molecule has 1 fully saturated rings. The van der Waals surface area contributed by atoms with Gasteiger partial charge >= 0.3 is 6.18 Å². The summed E-state index contributed by atoms with van der Waals surface area (Å²) in [6.07, 6.45) is -4.51. The average Bonchev–Trinajstić information content (AvgIpc) is 3.28. The summed E-state index contributed by atoms with van der Waals surface area (Å²) < 4.78 is 70.5. The van der Waals surface area contributed by atoms with Crippen LogP contribution in [0.25, 0.3) is 11.4 Å². The number of sulfonamides is 1. The minimum atomic E-state index is -4.51. The van der Waals surface area contributed by atoms with E-state index < -0.39 is 27.7 Å². The Hall–Kier alpha value is -3.36. The lowest BCUT2D eigenvalue weighted by atomic mass is 10.1. The zero-order chi connectivity index (χ0) is 24.3. The highest BCUT2D eigenvalue weighted by Gasteiger charge is 2.31. The number of tetrazole rings is 1. The molecule has 1 saturated heterocycles. The number of benzene rings is 2. The summed E-state index contributed by atoms with van der Waals surface area (Å²) in [6.45, 7) is 0.862. The lowest BCUT2D eigenvalue weighted by Gasteiger charge is -2.26. The second-order valence-corrected chi connectivity index (χ2v) is 9.25. The number of morpholine rings is 1. The first-order chi connectivity index (χ1) is 16.1. The summed E-state index contributed by atoms with van der Waals surface area (Å²) in [4.78, 5) is 13.4. The van der Waals surface area contributed by atoms with Crippen molar-refractivity contribution in [1.82, 2.24) is 24.5 Å². The van der Waals surface area contributed by atoms with Gasteiger partial charge in [-0.3, -0.25) is 4.79 Å². The third-order valence-electron chi connectivity index (χ3n) is 4.93. The summed E-state index contributed by atoms with van der Waals surface area (Å²) in [5, 5.41) is 13.9. The molecule has 1 aromatic heterocycles. The molecular weight excluding hydrogens is 477 g/mol. The number of carbonyl (C=O) groups excluding carboxylic acids is 1. The molecule has 1 amide bonds. The van der Waals surface area contributed by atoms with E-state index >= 15 is 0 Å². The van der Waals surface area contributed by atoms with Gasteiger partial charge in [-0.15, -0.1) is 10.2 Å². The van der Waals surface area contributed by atoms with Gasteiger partial charge in [-0.1, -0.05) is 12.1 Å². The summed E-state index contributed by atoms with van der Waals surface area (Å²) in [5.74, 6) is -0.589. The molecule has 2 aromatic carbocycles. The van der Waals surface area contributed by atoms with E-state index in [1.807, 2.05) is 0 Å². The maximum Gasteiger partial charge on any atom is 0.416 e. The van der Waals surface area contributed by atoms with E-state index in [9.17, 15) is 26.4 Å². The van der Waals surface area contributed by atoms with E-state index in [2.05, 4.69) is 20.7 Å². The van der Waals surface area contributed by atoms with Crippen LogP contribution in [-0.2, 0) is 32.3 Å². The minimum Gasteiger partial charge on any atom is -0.379 e. The summed E-state index contributed by atoms with van der Waals surface area (Å²) in [6, 6.07) is 10.1. The molecule has 0 unspecified atom stereocenters. The number of hydrogen-bond acceptors (Lipinski definition) is 7. The Morgan fingerprint density at radius 2 is 1.79 bits per heavy atom. The van der Waals surface area contributed by atoms with Crippen LogP contribution in [0.2, 0.25) is 0 Å². The van der Waals surface area contributed by atoms with E-state index in [0.717, 1.165) is 16.9 Å². The van der Waals surface area contributed by atoms with Crippen molar-refractivity contribution < 1.29 is 31.1 Å². The van der Waals surface area contributed by atoms with Crippen molar-refractivity contribution in [3.63, 3.8) is 0 Å². The number of nitrogens with one attached hydrogen (secondary N) is 1. The molecule has 0 atom stereocenters. The van der Waals surface area contributed by atoms with Crippen LogP contribution in [0, 0.1) is 0 Å². The Balaban J connectivity index is 1.39. The fraction of sp³-hybridized carbons (Fsp3) is 0.300. The van der Waals surface area contributed by atoms with Crippen molar-refractivity contribution in [3.8, 4) is 11.4 Å². The Morgan fingerprint density at radius 1 is 1.09 bits per heavy atom. The number of anilines is 1. The topological polar surface area (TPSA) is 119 Å². The Labute approximate surface area is 192 Å². The molecule has 3 aromatic rings. The van der Waals surface area contributed by atoms with Gasteiger partial charge in [0.25, 0.3) is 0 Å². The van der Waals surface area contributed by atoms with Gasteiger partial charge in [0, 0.05) is 24.3 Å². The van der Waals surface area contributed by atoms with Crippen LogP contribution in [0.1, 0.15) is 5.56 Å². The SMILES string of the molecule is O=C(Cn1nnc(-c2cccc(C(F)(F)F)c2)n1)Nc1ccc(S(=O)(=O)N2CCOCC2)cc1. The Bertz CT molecular complexity index is 1270. The molecule has 0 spiro atoms. The molecule has 180 valence electrons. The van der Waals surface area contributed by atoms with E-state index in [4.69, 9.17) is 4.74 Å². The number of alkyl halides is 3. The largest absolute Gasteiger partial charge is 0.416 e. The predicted molar refractivity (Wildman–Crippen MR) is 113 cm³/mol. The average molecular weight is 496 g/mol.